The molecule has 3 unspecified atom stereocenters. The van der Waals surface area contributed by atoms with Crippen LogP contribution in [0.4, 0.5) is 10.8 Å². The van der Waals surface area contributed by atoms with Crippen molar-refractivity contribution in [2.24, 2.45) is 5.92 Å². The Balaban J connectivity index is 1.34. The Morgan fingerprint density at radius 3 is 2.90 bits per heavy atom. The van der Waals surface area contributed by atoms with E-state index in [1.807, 2.05) is 10.9 Å². The number of nitrogens with two attached hydrogens (primary N) is 1. The molecular weight excluding hydrogens is 546 g/mol. The molecule has 220 valence electrons. The zero-order valence-electron chi connectivity index (χ0n) is 24.5. The van der Waals surface area contributed by atoms with Crippen LogP contribution in [0, 0.1) is 17.2 Å². The molecule has 6 heterocycles. The van der Waals surface area contributed by atoms with Crippen molar-refractivity contribution in [1.29, 1.82) is 5.26 Å². The molecule has 3 N–H and O–H groups in total. The maximum Gasteiger partial charge on any atom is 0.186 e. The Hall–Kier alpha value is -3.49. The first kappa shape index (κ1) is 27.3. The highest BCUT2D eigenvalue weighted by Gasteiger charge is 2.35. The average Bonchev–Trinajstić information content (AvgIpc) is 3.79. The third-order valence-corrected chi connectivity index (χ3v) is 10.3. The van der Waals surface area contributed by atoms with Gasteiger partial charge in [0.1, 0.15) is 22.6 Å². The fourth-order valence-corrected chi connectivity index (χ4v) is 8.42. The first-order valence-electron chi connectivity index (χ1n) is 15.6. The summed E-state index contributed by atoms with van der Waals surface area (Å²) in [6, 6.07) is 2.79. The maximum atomic E-state index is 10.0. The van der Waals surface area contributed by atoms with Gasteiger partial charge in [0.05, 0.1) is 23.7 Å². The molecule has 0 saturated carbocycles. The van der Waals surface area contributed by atoms with Crippen molar-refractivity contribution in [3.8, 4) is 17.6 Å². The molecule has 2 saturated heterocycles. The van der Waals surface area contributed by atoms with E-state index >= 15 is 0 Å². The predicted molar refractivity (Wildman–Crippen MR) is 165 cm³/mol. The van der Waals surface area contributed by atoms with E-state index in [2.05, 4.69) is 35.3 Å². The fourth-order valence-electron chi connectivity index (χ4n) is 7.23. The Morgan fingerprint density at radius 2 is 2.12 bits per heavy atom. The number of nitriles is 1. The largest absolute Gasteiger partial charge is 0.389 e. The lowest BCUT2D eigenvalue weighted by atomic mass is 9.81. The molecular formula is C31H39N9OS. The maximum absolute atomic E-state index is 10.0. The number of thiophene rings is 1. The van der Waals surface area contributed by atoms with Crippen molar-refractivity contribution in [2.75, 3.05) is 30.3 Å². The number of anilines is 2. The van der Waals surface area contributed by atoms with E-state index < -0.39 is 0 Å². The van der Waals surface area contributed by atoms with Gasteiger partial charge in [0, 0.05) is 35.5 Å². The van der Waals surface area contributed by atoms with Crippen LogP contribution in [0.15, 0.2) is 10.7 Å². The molecule has 0 radical (unpaired) electrons. The number of nitrogens with zero attached hydrogens (tertiary/aromatic N) is 7. The van der Waals surface area contributed by atoms with Crippen molar-refractivity contribution in [1.82, 2.24) is 30.2 Å². The second-order valence-corrected chi connectivity index (χ2v) is 13.4. The molecule has 4 aromatic rings. The minimum absolute atomic E-state index is 0.0372. The first-order chi connectivity index (χ1) is 20.6. The van der Waals surface area contributed by atoms with Gasteiger partial charge in [0.15, 0.2) is 17.2 Å². The first-order valence-corrected chi connectivity index (χ1v) is 16.4. The third kappa shape index (κ3) is 4.74. The Morgan fingerprint density at radius 1 is 1.21 bits per heavy atom. The quantitative estimate of drug-likeness (QED) is 0.292. The Labute approximate surface area is 250 Å². The minimum atomic E-state index is -0.0372. The molecule has 4 aromatic heterocycles. The summed E-state index contributed by atoms with van der Waals surface area (Å²) >= 11 is 1.54. The number of fused-ring (bicyclic) bond motifs is 2. The van der Waals surface area contributed by atoms with Crippen LogP contribution in [0.5, 0.6) is 0 Å². The van der Waals surface area contributed by atoms with Crippen LogP contribution in [-0.2, 0) is 19.4 Å². The summed E-state index contributed by atoms with van der Waals surface area (Å²) in [6.07, 6.45) is 11.3. The van der Waals surface area contributed by atoms with E-state index in [4.69, 9.17) is 25.3 Å². The van der Waals surface area contributed by atoms with Crippen molar-refractivity contribution in [3.63, 3.8) is 0 Å². The lowest BCUT2D eigenvalue weighted by molar-refractivity contribution is 0.356. The van der Waals surface area contributed by atoms with Gasteiger partial charge in [-0.15, -0.1) is 11.3 Å². The van der Waals surface area contributed by atoms with Gasteiger partial charge >= 0.3 is 0 Å². The molecule has 2 aliphatic heterocycles. The number of aromatic nitrogens is 5. The van der Waals surface area contributed by atoms with E-state index in [0.29, 0.717) is 34.0 Å². The molecule has 0 amide bonds. The van der Waals surface area contributed by atoms with Crippen LogP contribution < -0.4 is 16.0 Å². The van der Waals surface area contributed by atoms with Gasteiger partial charge in [-0.05, 0) is 69.4 Å². The summed E-state index contributed by atoms with van der Waals surface area (Å²) in [7, 11) is 0. The molecule has 1 aliphatic carbocycles. The highest BCUT2D eigenvalue weighted by Crippen LogP contribution is 2.46. The van der Waals surface area contributed by atoms with Crippen molar-refractivity contribution < 1.29 is 4.52 Å². The van der Waals surface area contributed by atoms with Gasteiger partial charge < -0.3 is 20.5 Å². The van der Waals surface area contributed by atoms with Crippen LogP contribution in [-0.4, -0.2) is 50.6 Å². The van der Waals surface area contributed by atoms with E-state index in [9.17, 15) is 5.26 Å². The van der Waals surface area contributed by atoms with Crippen molar-refractivity contribution in [3.05, 3.63) is 33.5 Å². The van der Waals surface area contributed by atoms with Crippen molar-refractivity contribution in [2.45, 2.75) is 90.1 Å². The SMILES string of the molecule is CCCc1sc(N)c(C#N)c1C1CCCc2c(-c3nc(N4CCCC(C)C4)c4cnn(CC5CCCN5)c4n3)noc21. The topological polar surface area (TPSA) is 135 Å². The zero-order chi connectivity index (χ0) is 28.8. The molecule has 3 aliphatic rings. The van der Waals surface area contributed by atoms with Crippen LogP contribution in [0.3, 0.4) is 0 Å². The summed E-state index contributed by atoms with van der Waals surface area (Å²) in [5, 5.41) is 24.7. The van der Waals surface area contributed by atoms with E-state index in [0.717, 1.165) is 105 Å². The lowest BCUT2D eigenvalue weighted by Gasteiger charge is -2.32. The van der Waals surface area contributed by atoms with Gasteiger partial charge in [-0.1, -0.05) is 25.4 Å². The summed E-state index contributed by atoms with van der Waals surface area (Å²) in [4.78, 5) is 13.9. The van der Waals surface area contributed by atoms with E-state index in [-0.39, 0.29) is 5.92 Å². The number of hydrogen-bond acceptors (Lipinski definition) is 10. The molecule has 0 bridgehead atoms. The molecule has 42 heavy (non-hydrogen) atoms. The molecule has 10 nitrogen and oxygen atoms in total. The standard InChI is InChI=1S/C31H39N9OS/c1-3-7-24-25(22(14-32)28(33)42-24)20-10-4-11-21-26(38-41-27(20)21)29-36-30(39-13-6-8-18(2)16-39)23-15-35-40(31(23)37-29)17-19-9-5-12-34-19/h15,18-20,34H,3-13,16-17,33H2,1-2H3. The average molecular weight is 586 g/mol. The van der Waals surface area contributed by atoms with Crippen LogP contribution in [0.1, 0.15) is 92.0 Å². The minimum Gasteiger partial charge on any atom is -0.389 e. The van der Waals surface area contributed by atoms with Gasteiger partial charge in [-0.2, -0.15) is 10.4 Å². The second-order valence-electron chi connectivity index (χ2n) is 12.3. The smallest absolute Gasteiger partial charge is 0.186 e. The molecule has 0 spiro atoms. The van der Waals surface area contributed by atoms with Gasteiger partial charge in [-0.25, -0.2) is 14.6 Å². The number of aryl methyl sites for hydroxylation is 1. The van der Waals surface area contributed by atoms with Crippen molar-refractivity contribution >= 4 is 33.2 Å². The number of hydrogen-bond donors (Lipinski definition) is 2. The normalized spacial score (nSPS) is 22.5. The number of nitrogen functional groups attached to an aromatic ring is 1. The summed E-state index contributed by atoms with van der Waals surface area (Å²) in [5.74, 6) is 2.95. The second kappa shape index (κ2) is 11.3. The van der Waals surface area contributed by atoms with Gasteiger partial charge in [0.2, 0.25) is 0 Å². The fraction of sp³-hybridized carbons (Fsp3) is 0.581. The van der Waals surface area contributed by atoms with E-state index in [1.165, 1.54) is 17.7 Å². The number of nitrogens with one attached hydrogen (secondary N) is 1. The zero-order valence-corrected chi connectivity index (χ0v) is 25.3. The molecule has 7 rings (SSSR count). The highest BCUT2D eigenvalue weighted by molar-refractivity contribution is 7.16. The monoisotopic (exact) mass is 585 g/mol. The Kier molecular flexibility index (Phi) is 7.36. The molecule has 11 heteroatoms. The van der Waals surface area contributed by atoms with Gasteiger partial charge in [-0.3, -0.25) is 0 Å². The van der Waals surface area contributed by atoms with Gasteiger partial charge in [0.25, 0.3) is 0 Å². The number of rotatable bonds is 7. The van der Waals surface area contributed by atoms with Crippen LogP contribution in [0.25, 0.3) is 22.6 Å². The van der Waals surface area contributed by atoms with Crippen LogP contribution >= 0.6 is 11.3 Å². The molecule has 3 atom stereocenters. The lowest BCUT2D eigenvalue weighted by Crippen LogP contribution is -2.35. The molecule has 0 aromatic carbocycles. The summed E-state index contributed by atoms with van der Waals surface area (Å²) in [5.41, 5.74) is 10.6. The van der Waals surface area contributed by atoms with Crippen LogP contribution in [0.2, 0.25) is 0 Å². The predicted octanol–water partition coefficient (Wildman–Crippen LogP) is 5.41. The highest BCUT2D eigenvalue weighted by atomic mass is 32.1. The third-order valence-electron chi connectivity index (χ3n) is 9.24. The summed E-state index contributed by atoms with van der Waals surface area (Å²) < 4.78 is 8.20. The summed E-state index contributed by atoms with van der Waals surface area (Å²) in [6.45, 7) is 8.25. The molecule has 2 fully saturated rings. The number of piperidine rings is 1. The van der Waals surface area contributed by atoms with E-state index in [1.54, 1.807) is 11.3 Å². The Bertz CT molecular complexity index is 1640.